The number of amides is 1. The molecule has 0 atom stereocenters. The first-order valence-corrected chi connectivity index (χ1v) is 8.94. The minimum atomic E-state index is -0.0588. The number of nitrogens with zero attached hydrogens (tertiary/aromatic N) is 2. The van der Waals surface area contributed by atoms with E-state index in [2.05, 4.69) is 20.5 Å². The first kappa shape index (κ1) is 22.7. The molecule has 0 spiro atoms. The van der Waals surface area contributed by atoms with Crippen LogP contribution in [0.1, 0.15) is 28.8 Å². The lowest BCUT2D eigenvalue weighted by molar-refractivity contribution is 0.0963. The third-order valence-electron chi connectivity index (χ3n) is 4.31. The first-order chi connectivity index (χ1) is 12.1. The van der Waals surface area contributed by atoms with Crippen LogP contribution in [-0.2, 0) is 11.2 Å². The van der Waals surface area contributed by atoms with E-state index in [0.717, 1.165) is 50.2 Å². The Morgan fingerprint density at radius 2 is 2.15 bits per heavy atom. The van der Waals surface area contributed by atoms with Gasteiger partial charge in [0.1, 0.15) is 0 Å². The van der Waals surface area contributed by atoms with Gasteiger partial charge in [-0.3, -0.25) is 9.79 Å². The summed E-state index contributed by atoms with van der Waals surface area (Å²) in [5, 5.41) is 6.01. The van der Waals surface area contributed by atoms with Gasteiger partial charge in [0.05, 0.1) is 6.61 Å². The van der Waals surface area contributed by atoms with Crippen LogP contribution < -0.4 is 10.6 Å². The molecule has 0 radical (unpaired) electrons. The Balaban J connectivity index is 0.00000338. The Bertz CT molecular complexity index is 591. The maximum atomic E-state index is 11.7. The van der Waals surface area contributed by atoms with Crippen molar-refractivity contribution >= 4 is 35.8 Å². The number of likely N-dealkylation sites (N-methyl/N-ethyl adjacent to an activating group) is 1. The summed E-state index contributed by atoms with van der Waals surface area (Å²) in [4.78, 5) is 18.1. The van der Waals surface area contributed by atoms with Crippen molar-refractivity contribution in [3.63, 3.8) is 0 Å². The molecule has 1 aromatic rings. The molecule has 0 bridgehead atoms. The predicted octanol–water partition coefficient (Wildman–Crippen LogP) is 2.14. The van der Waals surface area contributed by atoms with Crippen molar-refractivity contribution in [2.24, 2.45) is 10.9 Å². The minimum Gasteiger partial charge on any atom is -0.379 e. The van der Waals surface area contributed by atoms with Crippen molar-refractivity contribution in [3.8, 4) is 0 Å². The normalized spacial score (nSPS) is 13.7. The van der Waals surface area contributed by atoms with Crippen LogP contribution in [0.2, 0.25) is 0 Å². The van der Waals surface area contributed by atoms with Gasteiger partial charge in [-0.1, -0.05) is 12.1 Å². The maximum Gasteiger partial charge on any atom is 0.251 e. The number of hydrogen-bond acceptors (Lipinski definition) is 3. The molecule has 2 N–H and O–H groups in total. The van der Waals surface area contributed by atoms with Crippen LogP contribution in [-0.4, -0.2) is 64.2 Å². The van der Waals surface area contributed by atoms with Gasteiger partial charge in [0, 0.05) is 46.4 Å². The Morgan fingerprint density at radius 3 is 2.81 bits per heavy atom. The maximum absolute atomic E-state index is 11.7. The summed E-state index contributed by atoms with van der Waals surface area (Å²) in [6.07, 6.45) is 3.47. The fourth-order valence-corrected chi connectivity index (χ4v) is 2.56. The Morgan fingerprint density at radius 1 is 1.38 bits per heavy atom. The summed E-state index contributed by atoms with van der Waals surface area (Å²) in [5.41, 5.74) is 1.81. The fraction of sp³-hybridized carbons (Fsp3) is 0.579. The summed E-state index contributed by atoms with van der Waals surface area (Å²) in [6.45, 7) is 3.19. The van der Waals surface area contributed by atoms with Crippen molar-refractivity contribution in [1.29, 1.82) is 0 Å². The molecule has 0 heterocycles. The summed E-state index contributed by atoms with van der Waals surface area (Å²) in [7, 11) is 5.45. The average Bonchev–Trinajstić information content (AvgIpc) is 3.46. The van der Waals surface area contributed by atoms with Crippen LogP contribution in [0.3, 0.4) is 0 Å². The number of guanidine groups is 1. The Hall–Kier alpha value is -1.35. The largest absolute Gasteiger partial charge is 0.379 e. The van der Waals surface area contributed by atoms with Crippen molar-refractivity contribution in [2.45, 2.75) is 19.3 Å². The van der Waals surface area contributed by atoms with Gasteiger partial charge >= 0.3 is 0 Å². The highest BCUT2D eigenvalue weighted by atomic mass is 127. The molecular weight excluding hydrogens is 443 g/mol. The molecule has 26 heavy (non-hydrogen) atoms. The molecule has 6 nitrogen and oxygen atoms in total. The zero-order chi connectivity index (χ0) is 18.1. The van der Waals surface area contributed by atoms with Gasteiger partial charge in [-0.25, -0.2) is 0 Å². The van der Waals surface area contributed by atoms with E-state index in [4.69, 9.17) is 4.74 Å². The van der Waals surface area contributed by atoms with Gasteiger partial charge in [-0.15, -0.1) is 24.0 Å². The topological polar surface area (TPSA) is 66.0 Å². The lowest BCUT2D eigenvalue weighted by Crippen LogP contribution is -2.41. The third-order valence-corrected chi connectivity index (χ3v) is 4.31. The number of carbonyl (C=O) groups is 1. The molecule has 1 aromatic carbocycles. The molecule has 0 aliphatic heterocycles. The minimum absolute atomic E-state index is 0. The van der Waals surface area contributed by atoms with E-state index in [9.17, 15) is 4.79 Å². The van der Waals surface area contributed by atoms with Crippen molar-refractivity contribution in [3.05, 3.63) is 35.4 Å². The zero-order valence-electron chi connectivity index (χ0n) is 16.0. The van der Waals surface area contributed by atoms with E-state index in [0.29, 0.717) is 5.56 Å². The molecule has 1 aliphatic carbocycles. The molecule has 7 heteroatoms. The van der Waals surface area contributed by atoms with Crippen LogP contribution in [0, 0.1) is 5.92 Å². The van der Waals surface area contributed by atoms with Crippen LogP contribution in [0.5, 0.6) is 0 Å². The van der Waals surface area contributed by atoms with Crippen molar-refractivity contribution < 1.29 is 9.53 Å². The second-order valence-corrected chi connectivity index (χ2v) is 6.44. The van der Waals surface area contributed by atoms with E-state index in [-0.39, 0.29) is 29.9 Å². The second kappa shape index (κ2) is 12.1. The zero-order valence-corrected chi connectivity index (χ0v) is 18.3. The van der Waals surface area contributed by atoms with Gasteiger partial charge in [0.2, 0.25) is 0 Å². The molecule has 2 rings (SSSR count). The number of nitrogens with one attached hydrogen (secondary N) is 2. The standard InChI is InChI=1S/C19H30N4O2.HI/c1-20-18(24)17-6-4-5-15(13-17)9-10-22-19(21-2)23(3)11-12-25-14-16-7-8-16;/h4-6,13,16H,7-12,14H2,1-3H3,(H,20,24)(H,21,22);1H. The molecule has 0 aromatic heterocycles. The summed E-state index contributed by atoms with van der Waals surface area (Å²) in [5.74, 6) is 1.60. The molecule has 1 amide bonds. The van der Waals surface area contributed by atoms with E-state index < -0.39 is 0 Å². The van der Waals surface area contributed by atoms with Crippen LogP contribution in [0.25, 0.3) is 0 Å². The van der Waals surface area contributed by atoms with Crippen LogP contribution in [0.4, 0.5) is 0 Å². The third kappa shape index (κ3) is 7.90. The van der Waals surface area contributed by atoms with E-state index in [1.807, 2.05) is 31.3 Å². The highest BCUT2D eigenvalue weighted by Gasteiger charge is 2.21. The fourth-order valence-electron chi connectivity index (χ4n) is 2.56. The van der Waals surface area contributed by atoms with Crippen LogP contribution >= 0.6 is 24.0 Å². The molecule has 1 aliphatic rings. The van der Waals surface area contributed by atoms with E-state index in [1.54, 1.807) is 14.1 Å². The van der Waals surface area contributed by atoms with Crippen molar-refractivity contribution in [2.75, 3.05) is 47.4 Å². The second-order valence-electron chi connectivity index (χ2n) is 6.44. The van der Waals surface area contributed by atoms with Gasteiger partial charge in [0.15, 0.2) is 5.96 Å². The van der Waals surface area contributed by atoms with Crippen molar-refractivity contribution in [1.82, 2.24) is 15.5 Å². The monoisotopic (exact) mass is 474 g/mol. The van der Waals surface area contributed by atoms with Crippen LogP contribution in [0.15, 0.2) is 29.3 Å². The lowest BCUT2D eigenvalue weighted by atomic mass is 10.1. The molecule has 1 fully saturated rings. The SMILES string of the molecule is CN=C(NCCc1cccc(C(=O)NC)c1)N(C)CCOCC1CC1.I. The Kier molecular flexibility index (Phi) is 10.6. The molecule has 146 valence electrons. The number of carbonyl (C=O) groups excluding carboxylic acids is 1. The molecule has 1 saturated carbocycles. The quantitative estimate of drug-likeness (QED) is 0.249. The molecule has 0 saturated heterocycles. The number of ether oxygens (including phenoxy) is 1. The number of aliphatic imine (C=N–C) groups is 1. The number of halogens is 1. The Labute approximate surface area is 173 Å². The van der Waals surface area contributed by atoms with Gasteiger partial charge < -0.3 is 20.3 Å². The molecule has 0 unspecified atom stereocenters. The van der Waals surface area contributed by atoms with Gasteiger partial charge in [0.25, 0.3) is 5.91 Å². The van der Waals surface area contributed by atoms with Gasteiger partial charge in [-0.2, -0.15) is 0 Å². The predicted molar refractivity (Wildman–Crippen MR) is 116 cm³/mol. The summed E-state index contributed by atoms with van der Waals surface area (Å²) < 4.78 is 5.68. The highest BCUT2D eigenvalue weighted by molar-refractivity contribution is 14.0. The average molecular weight is 474 g/mol. The number of benzene rings is 1. The number of rotatable bonds is 9. The lowest BCUT2D eigenvalue weighted by Gasteiger charge is -2.22. The summed E-state index contributed by atoms with van der Waals surface area (Å²) in [6, 6.07) is 7.70. The summed E-state index contributed by atoms with van der Waals surface area (Å²) >= 11 is 0. The van der Waals surface area contributed by atoms with E-state index in [1.165, 1.54) is 12.8 Å². The van der Waals surface area contributed by atoms with E-state index >= 15 is 0 Å². The first-order valence-electron chi connectivity index (χ1n) is 8.94. The molecular formula is C19H31IN4O2. The van der Waals surface area contributed by atoms with Gasteiger partial charge in [-0.05, 0) is 42.9 Å². The highest BCUT2D eigenvalue weighted by Crippen LogP contribution is 2.28. The number of hydrogen-bond donors (Lipinski definition) is 2. The smallest absolute Gasteiger partial charge is 0.251 e.